The second kappa shape index (κ2) is 14.6. The van der Waals surface area contributed by atoms with Gasteiger partial charge in [-0.05, 0) is 71.9 Å². The Balaban J connectivity index is 1.62. The molecule has 5 atom stereocenters. The minimum atomic E-state index is -3.93. The minimum absolute atomic E-state index is 0.00547. The molecule has 2 aliphatic rings. The van der Waals surface area contributed by atoms with E-state index in [0.29, 0.717) is 42.6 Å². The van der Waals surface area contributed by atoms with Crippen LogP contribution in [0.15, 0.2) is 51.4 Å². The summed E-state index contributed by atoms with van der Waals surface area (Å²) in [6.07, 6.45) is 1.85. The average molecular weight is 717 g/mol. The molecule has 49 heavy (non-hydrogen) atoms. The van der Waals surface area contributed by atoms with Gasteiger partial charge in [0.05, 0.1) is 21.4 Å². The van der Waals surface area contributed by atoms with Crippen LogP contribution in [0.5, 0.6) is 0 Å². The van der Waals surface area contributed by atoms with Crippen molar-refractivity contribution in [2.24, 2.45) is 40.7 Å². The molecule has 2 aliphatic heterocycles. The number of ether oxygens (including phenoxy) is 1. The number of piperidine rings is 2. The number of hydrogen-bond acceptors (Lipinski definition) is 10. The highest BCUT2D eigenvalue weighted by Crippen LogP contribution is 2.44. The summed E-state index contributed by atoms with van der Waals surface area (Å²) in [6.45, 7) is 14.8. The van der Waals surface area contributed by atoms with Crippen LogP contribution in [-0.4, -0.2) is 64.4 Å². The lowest BCUT2D eigenvalue weighted by molar-refractivity contribution is -0.159. The van der Waals surface area contributed by atoms with Crippen molar-refractivity contribution in [3.63, 3.8) is 0 Å². The average Bonchev–Trinajstić information content (AvgIpc) is 3.04. The molecule has 2 fully saturated rings. The zero-order valence-electron chi connectivity index (χ0n) is 29.3. The summed E-state index contributed by atoms with van der Waals surface area (Å²) < 4.78 is 63.9. The Bertz CT molecular complexity index is 1810. The summed E-state index contributed by atoms with van der Waals surface area (Å²) in [5, 5.41) is 4.57. The maximum atomic E-state index is 13.9. The molecule has 2 saturated heterocycles. The van der Waals surface area contributed by atoms with Crippen molar-refractivity contribution in [3.8, 4) is 0 Å². The van der Waals surface area contributed by atoms with Crippen LogP contribution >= 0.6 is 0 Å². The Labute approximate surface area is 289 Å². The lowest BCUT2D eigenvalue weighted by Gasteiger charge is -2.34. The highest BCUT2D eigenvalue weighted by atomic mass is 32.2. The van der Waals surface area contributed by atoms with Crippen LogP contribution in [0.3, 0.4) is 0 Å². The van der Waals surface area contributed by atoms with E-state index in [0.717, 1.165) is 12.8 Å². The molecule has 0 aliphatic carbocycles. The first kappa shape index (κ1) is 37.1. The molecule has 0 spiro atoms. The van der Waals surface area contributed by atoms with Crippen LogP contribution in [-0.2, 0) is 34.4 Å². The van der Waals surface area contributed by atoms with E-state index in [9.17, 15) is 26.5 Å². The van der Waals surface area contributed by atoms with Crippen LogP contribution in [0.4, 0.5) is 11.4 Å². The summed E-state index contributed by atoms with van der Waals surface area (Å²) in [4.78, 5) is 30.6. The molecule has 1 N–H and O–H groups in total. The Morgan fingerprint density at radius 3 is 1.59 bits per heavy atom. The van der Waals surface area contributed by atoms with Crippen LogP contribution in [0, 0.1) is 40.4 Å². The van der Waals surface area contributed by atoms with E-state index in [1.807, 2.05) is 41.5 Å². The first-order valence-corrected chi connectivity index (χ1v) is 19.8. The molecule has 268 valence electrons. The molecule has 0 saturated carbocycles. The smallest absolute Gasteiger partial charge is 0.311 e. The van der Waals surface area contributed by atoms with Gasteiger partial charge < -0.3 is 4.74 Å². The van der Waals surface area contributed by atoms with Crippen LogP contribution in [0.2, 0.25) is 0 Å². The second-order valence-electron chi connectivity index (χ2n) is 14.6. The third-order valence-corrected chi connectivity index (χ3v) is 13.5. The number of rotatable bonds is 11. The molecule has 0 bridgehead atoms. The lowest BCUT2D eigenvalue weighted by Crippen LogP contribution is -2.42. The molecular weight excluding hydrogens is 669 g/mol. The van der Waals surface area contributed by atoms with Crippen molar-refractivity contribution in [1.82, 2.24) is 8.61 Å². The van der Waals surface area contributed by atoms with Gasteiger partial charge in [0.1, 0.15) is 5.69 Å². The van der Waals surface area contributed by atoms with E-state index in [1.54, 1.807) is 19.1 Å². The van der Waals surface area contributed by atoms with Crippen LogP contribution < -0.4 is 5.48 Å². The van der Waals surface area contributed by atoms with Gasteiger partial charge in [0, 0.05) is 47.7 Å². The number of benzene rings is 3. The van der Waals surface area contributed by atoms with Gasteiger partial charge in [0.25, 0.3) is 0 Å². The first-order chi connectivity index (χ1) is 23.0. The molecule has 3 aromatic rings. The maximum absolute atomic E-state index is 13.9. The fourth-order valence-electron chi connectivity index (χ4n) is 7.19. The number of nitroso groups, excluding NO2 is 1. The quantitative estimate of drug-likeness (QED) is 0.0560. The largest absolute Gasteiger partial charge is 0.436 e. The Kier molecular flexibility index (Phi) is 11.0. The van der Waals surface area contributed by atoms with Gasteiger partial charge in [-0.3, -0.25) is 10.3 Å². The number of hydrogen-bond donors (Lipinski definition) is 1. The van der Waals surface area contributed by atoms with Gasteiger partial charge in [-0.25, -0.2) is 21.7 Å². The molecule has 14 heteroatoms. The third-order valence-electron chi connectivity index (χ3n) is 9.87. The predicted octanol–water partition coefficient (Wildman–Crippen LogP) is 6.86. The number of nitrogens with zero attached hydrogens (tertiary/aromatic N) is 3. The van der Waals surface area contributed by atoms with Crippen LogP contribution in [0.1, 0.15) is 61.3 Å². The van der Waals surface area contributed by atoms with Crippen molar-refractivity contribution in [2.45, 2.75) is 71.1 Å². The van der Waals surface area contributed by atoms with Crippen molar-refractivity contribution in [2.75, 3.05) is 38.5 Å². The van der Waals surface area contributed by atoms with Crippen LogP contribution in [0.25, 0.3) is 21.5 Å². The molecular formula is C35H48N4O8S2. The maximum Gasteiger partial charge on any atom is 0.311 e. The normalized spacial score (nSPS) is 23.5. The van der Waals surface area contributed by atoms with E-state index in [2.05, 4.69) is 10.7 Å². The topological polar surface area (TPSA) is 152 Å². The molecule has 0 aromatic heterocycles. The van der Waals surface area contributed by atoms with Gasteiger partial charge in [0.15, 0.2) is 0 Å². The molecule has 0 amide bonds. The Hall–Kier alpha value is -3.17. The van der Waals surface area contributed by atoms with E-state index < -0.39 is 32.8 Å². The van der Waals surface area contributed by atoms with E-state index >= 15 is 0 Å². The first-order valence-electron chi connectivity index (χ1n) is 17.0. The van der Waals surface area contributed by atoms with Crippen molar-refractivity contribution in [3.05, 3.63) is 41.3 Å². The Morgan fingerprint density at radius 2 is 1.20 bits per heavy atom. The highest BCUT2D eigenvalue weighted by Gasteiger charge is 2.34. The Morgan fingerprint density at radius 1 is 0.776 bits per heavy atom. The minimum Gasteiger partial charge on any atom is -0.436 e. The third kappa shape index (κ3) is 7.63. The summed E-state index contributed by atoms with van der Waals surface area (Å²) in [7, 11) is -7.87. The molecule has 1 unspecified atom stereocenters. The summed E-state index contributed by atoms with van der Waals surface area (Å²) >= 11 is 0. The number of sulfonamides is 2. The number of carbonyl (C=O) groups excluding carboxylic acids is 1. The number of nitrogens with one attached hydrogen (secondary N) is 1. The second-order valence-corrected chi connectivity index (χ2v) is 18.5. The summed E-state index contributed by atoms with van der Waals surface area (Å²) in [5.41, 5.74) is 3.07. The monoisotopic (exact) mass is 716 g/mol. The van der Waals surface area contributed by atoms with Gasteiger partial charge in [-0.15, -0.1) is 4.91 Å². The summed E-state index contributed by atoms with van der Waals surface area (Å²) in [5.74, 6) is 0.0401. The van der Waals surface area contributed by atoms with E-state index in [1.165, 1.54) is 32.9 Å². The fourth-order valence-corrected chi connectivity index (χ4v) is 10.6. The van der Waals surface area contributed by atoms with Crippen molar-refractivity contribution in [1.29, 1.82) is 0 Å². The molecule has 5 rings (SSSR count). The molecule has 3 aromatic carbocycles. The molecule has 2 heterocycles. The van der Waals surface area contributed by atoms with Gasteiger partial charge in [0.2, 0.25) is 26.8 Å². The van der Waals surface area contributed by atoms with Gasteiger partial charge >= 0.3 is 5.97 Å². The van der Waals surface area contributed by atoms with E-state index in [-0.39, 0.29) is 61.8 Å². The van der Waals surface area contributed by atoms with Gasteiger partial charge in [-0.1, -0.05) is 60.6 Å². The number of fused-ring (bicyclic) bond motifs is 2. The molecule has 0 radical (unpaired) electrons. The molecule has 12 nitrogen and oxygen atoms in total. The fraction of sp³-hybridized carbons (Fsp3) is 0.571. The lowest BCUT2D eigenvalue weighted by atomic mass is 9.94. The zero-order chi connectivity index (χ0) is 35.8. The SMILES string of the molecule is CC(C)C(C)C(=O)OCONc1c2ccc(S(=O)(=O)N3C[C@H](C)C[C@H](C)C3)cc2c(N=O)c2cc(S(=O)(=O)N3C[C@H](C)C[C@H](C)C3)ccc12. The summed E-state index contributed by atoms with van der Waals surface area (Å²) in [6, 6.07) is 8.94. The van der Waals surface area contributed by atoms with Gasteiger partial charge in [-0.2, -0.15) is 8.61 Å². The predicted molar refractivity (Wildman–Crippen MR) is 190 cm³/mol. The number of esters is 1. The highest BCUT2D eigenvalue weighted by molar-refractivity contribution is 7.89. The zero-order valence-corrected chi connectivity index (χ0v) is 30.9. The number of anilines is 1. The van der Waals surface area contributed by atoms with Crippen molar-refractivity contribution < 1.29 is 31.2 Å². The number of carbonyl (C=O) groups is 1. The van der Waals surface area contributed by atoms with Crippen molar-refractivity contribution >= 4 is 58.9 Å². The van der Waals surface area contributed by atoms with E-state index in [4.69, 9.17) is 9.57 Å². The standard InChI is InChI=1S/C35H48N4O8S2/c1-21(2)26(7)35(40)46-20-47-37-34-29-10-8-27(48(42,43)38-16-22(3)12-23(4)17-38)14-31(29)33(36-41)32-15-28(9-11-30(32)34)49(44,45)39-18-24(5)13-25(6)19-39/h8-11,14-15,21-26,37H,12-13,16-20H2,1-7H3/t22-,23+,24-,25+,26?.